The highest BCUT2D eigenvalue weighted by molar-refractivity contribution is 6.02. The Bertz CT molecular complexity index is 923. The van der Waals surface area contributed by atoms with Crippen molar-refractivity contribution in [2.75, 3.05) is 32.5 Å². The molecule has 140 valence electrons. The molecule has 0 fully saturated rings. The van der Waals surface area contributed by atoms with E-state index in [2.05, 4.69) is 15.6 Å². The molecule has 3 rings (SSSR count). The number of nitrogens with one attached hydrogen (secondary N) is 3. The molecule has 2 aromatic carbocycles. The third-order valence-electron chi connectivity index (χ3n) is 4.31. The minimum atomic E-state index is -0.0863. The molecule has 0 saturated heterocycles. The van der Waals surface area contributed by atoms with Crippen molar-refractivity contribution >= 4 is 28.3 Å². The maximum Gasteiger partial charge on any atom is 0.238 e. The van der Waals surface area contributed by atoms with Gasteiger partial charge in [-0.05, 0) is 36.7 Å². The highest BCUT2D eigenvalue weighted by Gasteiger charge is 2.12. The van der Waals surface area contributed by atoms with Crippen LogP contribution in [0.5, 0.6) is 5.75 Å². The number of phenolic OH excluding ortho intramolecular Hbond substituents is 1. The molecule has 0 unspecified atom stereocenters. The first-order chi connectivity index (χ1) is 13.0. The van der Waals surface area contributed by atoms with Gasteiger partial charge in [0.05, 0.1) is 31.8 Å². The standard InChI is InChI=1S/C21H24N4O2/c1-25(2)20-13-19(17-5-3-4-6-18(17)23-20)24-21(27)14-22-12-11-15-7-9-16(26)10-8-15/h3-10,13,22,26H,11-12,14H2,1-2H3,(H,23,24,27)/p+1. The SMILES string of the molecule is C[NH+](C)c1cc(NC(=O)CNCCc2ccc(O)cc2)c2ccccc2n1. The molecule has 6 nitrogen and oxygen atoms in total. The summed E-state index contributed by atoms with van der Waals surface area (Å²) in [4.78, 5) is 18.1. The Morgan fingerprint density at radius 1 is 1.11 bits per heavy atom. The lowest BCUT2D eigenvalue weighted by atomic mass is 10.1. The largest absolute Gasteiger partial charge is 0.508 e. The zero-order valence-corrected chi connectivity index (χ0v) is 15.6. The van der Waals surface area contributed by atoms with Gasteiger partial charge in [-0.3, -0.25) is 9.69 Å². The first kappa shape index (κ1) is 18.8. The predicted octanol–water partition coefficient (Wildman–Crippen LogP) is 1.49. The summed E-state index contributed by atoms with van der Waals surface area (Å²) in [6, 6.07) is 16.8. The molecule has 1 amide bonds. The second-order valence-corrected chi connectivity index (χ2v) is 6.71. The summed E-state index contributed by atoms with van der Waals surface area (Å²) in [6.07, 6.45) is 0.792. The molecule has 0 saturated carbocycles. The second-order valence-electron chi connectivity index (χ2n) is 6.71. The molecule has 6 heteroatoms. The maximum atomic E-state index is 12.4. The Labute approximate surface area is 158 Å². The van der Waals surface area contributed by atoms with E-state index in [0.717, 1.165) is 39.3 Å². The number of fused-ring (bicyclic) bond motifs is 1. The van der Waals surface area contributed by atoms with E-state index in [9.17, 15) is 9.90 Å². The van der Waals surface area contributed by atoms with E-state index in [0.29, 0.717) is 6.54 Å². The molecule has 3 aromatic rings. The quantitative estimate of drug-likeness (QED) is 0.479. The molecule has 0 bridgehead atoms. The summed E-state index contributed by atoms with van der Waals surface area (Å²) in [5.41, 5.74) is 2.76. The number of hydrogen-bond donors (Lipinski definition) is 4. The lowest BCUT2D eigenvalue weighted by Crippen LogP contribution is -3.00. The molecule has 0 atom stereocenters. The number of quaternary nitrogens is 1. The van der Waals surface area contributed by atoms with Gasteiger partial charge in [-0.15, -0.1) is 0 Å². The number of phenols is 1. The van der Waals surface area contributed by atoms with Gasteiger partial charge in [0.1, 0.15) is 5.75 Å². The van der Waals surface area contributed by atoms with Crippen molar-refractivity contribution in [3.05, 3.63) is 60.2 Å². The van der Waals surface area contributed by atoms with Gasteiger partial charge in [-0.2, -0.15) is 4.98 Å². The van der Waals surface area contributed by atoms with Crippen molar-refractivity contribution in [1.29, 1.82) is 0 Å². The van der Waals surface area contributed by atoms with E-state index in [1.165, 1.54) is 0 Å². The summed E-state index contributed by atoms with van der Waals surface area (Å²) >= 11 is 0. The molecular formula is C21H25N4O2+. The molecule has 0 aliphatic rings. The van der Waals surface area contributed by atoms with Crippen LogP contribution in [0.15, 0.2) is 54.6 Å². The predicted molar refractivity (Wildman–Crippen MR) is 108 cm³/mol. The molecule has 1 heterocycles. The van der Waals surface area contributed by atoms with E-state index in [1.54, 1.807) is 12.1 Å². The first-order valence-corrected chi connectivity index (χ1v) is 9.02. The van der Waals surface area contributed by atoms with Crippen LogP contribution < -0.4 is 15.5 Å². The van der Waals surface area contributed by atoms with Crippen LogP contribution in [-0.2, 0) is 11.2 Å². The number of para-hydroxylation sites is 1. The third-order valence-corrected chi connectivity index (χ3v) is 4.31. The van der Waals surface area contributed by atoms with Gasteiger partial charge in [0, 0.05) is 11.5 Å². The number of carbonyl (C=O) groups excluding carboxylic acids is 1. The number of carbonyl (C=O) groups is 1. The number of aromatic nitrogens is 1. The zero-order chi connectivity index (χ0) is 19.2. The van der Waals surface area contributed by atoms with Crippen molar-refractivity contribution < 1.29 is 14.8 Å². The van der Waals surface area contributed by atoms with Crippen molar-refractivity contribution in [2.45, 2.75) is 6.42 Å². The summed E-state index contributed by atoms with van der Waals surface area (Å²) < 4.78 is 0. The molecule has 4 N–H and O–H groups in total. The van der Waals surface area contributed by atoms with Crippen LogP contribution in [0.25, 0.3) is 10.9 Å². The number of amides is 1. The van der Waals surface area contributed by atoms with Crippen LogP contribution in [0.3, 0.4) is 0 Å². The van der Waals surface area contributed by atoms with Crippen LogP contribution >= 0.6 is 0 Å². The Kier molecular flexibility index (Phi) is 6.01. The maximum absolute atomic E-state index is 12.4. The highest BCUT2D eigenvalue weighted by Crippen LogP contribution is 2.23. The minimum absolute atomic E-state index is 0.0863. The highest BCUT2D eigenvalue weighted by atomic mass is 16.3. The van der Waals surface area contributed by atoms with Gasteiger partial charge in [-0.25, -0.2) is 0 Å². The smallest absolute Gasteiger partial charge is 0.238 e. The molecule has 27 heavy (non-hydrogen) atoms. The van der Waals surface area contributed by atoms with Crippen molar-refractivity contribution in [3.63, 3.8) is 0 Å². The zero-order valence-electron chi connectivity index (χ0n) is 15.6. The van der Waals surface area contributed by atoms with E-state index in [1.807, 2.05) is 56.6 Å². The average Bonchev–Trinajstić information content (AvgIpc) is 2.66. The molecule has 0 aliphatic carbocycles. The Hall–Kier alpha value is -2.96. The van der Waals surface area contributed by atoms with Crippen molar-refractivity contribution in [2.24, 2.45) is 0 Å². The summed E-state index contributed by atoms with van der Waals surface area (Å²) in [6.45, 7) is 0.918. The van der Waals surface area contributed by atoms with Gasteiger partial charge in [-0.1, -0.05) is 30.3 Å². The fraction of sp³-hybridized carbons (Fsp3) is 0.238. The molecule has 0 aliphatic heterocycles. The molecule has 0 spiro atoms. The van der Waals surface area contributed by atoms with Crippen molar-refractivity contribution in [1.82, 2.24) is 10.3 Å². The normalized spacial score (nSPS) is 11.1. The number of rotatable bonds is 7. The Morgan fingerprint density at radius 3 is 2.59 bits per heavy atom. The molecule has 1 aromatic heterocycles. The lowest BCUT2D eigenvalue weighted by molar-refractivity contribution is -0.789. The van der Waals surface area contributed by atoms with Crippen molar-refractivity contribution in [3.8, 4) is 5.75 Å². The molecular weight excluding hydrogens is 340 g/mol. The first-order valence-electron chi connectivity index (χ1n) is 9.02. The lowest BCUT2D eigenvalue weighted by Gasteiger charge is -2.12. The topological polar surface area (TPSA) is 78.7 Å². The molecule has 0 radical (unpaired) electrons. The Morgan fingerprint density at radius 2 is 1.85 bits per heavy atom. The summed E-state index contributed by atoms with van der Waals surface area (Å²) in [5, 5.41) is 16.4. The second kappa shape index (κ2) is 8.62. The van der Waals surface area contributed by atoms with Crippen LogP contribution in [0.4, 0.5) is 11.5 Å². The Balaban J connectivity index is 1.59. The van der Waals surface area contributed by atoms with E-state index in [4.69, 9.17) is 0 Å². The summed E-state index contributed by atoms with van der Waals surface area (Å²) in [7, 11) is 4.02. The van der Waals surface area contributed by atoms with Crippen LogP contribution in [0.1, 0.15) is 5.56 Å². The van der Waals surface area contributed by atoms with Gasteiger partial charge >= 0.3 is 0 Å². The number of pyridine rings is 1. The van der Waals surface area contributed by atoms with Gasteiger partial charge in [0.15, 0.2) is 0 Å². The van der Waals surface area contributed by atoms with Gasteiger partial charge in [0.2, 0.25) is 11.7 Å². The van der Waals surface area contributed by atoms with E-state index < -0.39 is 0 Å². The van der Waals surface area contributed by atoms with Crippen LogP contribution in [-0.4, -0.2) is 43.2 Å². The third kappa shape index (κ3) is 5.03. The van der Waals surface area contributed by atoms with Gasteiger partial charge in [0.25, 0.3) is 0 Å². The number of hydrogen-bond acceptors (Lipinski definition) is 4. The monoisotopic (exact) mass is 365 g/mol. The number of aromatic hydroxyl groups is 1. The number of nitrogens with zero attached hydrogens (tertiary/aromatic N) is 1. The summed E-state index contributed by atoms with van der Waals surface area (Å²) in [5.74, 6) is 1.05. The van der Waals surface area contributed by atoms with Gasteiger partial charge < -0.3 is 15.7 Å². The van der Waals surface area contributed by atoms with E-state index in [-0.39, 0.29) is 18.2 Å². The van der Waals surface area contributed by atoms with Crippen LogP contribution in [0.2, 0.25) is 0 Å². The fourth-order valence-electron chi connectivity index (χ4n) is 2.83. The minimum Gasteiger partial charge on any atom is -0.508 e. The number of benzene rings is 2. The van der Waals surface area contributed by atoms with E-state index >= 15 is 0 Å². The fourth-order valence-corrected chi connectivity index (χ4v) is 2.83. The average molecular weight is 365 g/mol. The number of anilines is 1. The van der Waals surface area contributed by atoms with Crippen LogP contribution in [0, 0.1) is 0 Å².